The van der Waals surface area contributed by atoms with Crippen LogP contribution in [0.15, 0.2) is 42.0 Å². The van der Waals surface area contributed by atoms with Gasteiger partial charge in [0, 0.05) is 28.7 Å². The Hall–Kier alpha value is -1.81. The molecule has 0 bridgehead atoms. The van der Waals surface area contributed by atoms with E-state index in [1.807, 2.05) is 17.0 Å². The number of benzene rings is 2. The Morgan fingerprint density at radius 1 is 1.16 bits per heavy atom. The number of carbonyl (C=O) groups excluding carboxylic acids is 1. The number of hydrogen-bond donors (Lipinski definition) is 1. The van der Waals surface area contributed by atoms with E-state index in [0.29, 0.717) is 29.2 Å². The fourth-order valence-corrected chi connectivity index (χ4v) is 4.11. The van der Waals surface area contributed by atoms with E-state index in [1.165, 1.54) is 22.3 Å². The van der Waals surface area contributed by atoms with Crippen molar-refractivity contribution in [2.45, 2.75) is 19.4 Å². The molecular weight excluding hydrogens is 357 g/mol. The molecule has 1 amide bonds. The summed E-state index contributed by atoms with van der Waals surface area (Å²) in [6.07, 6.45) is 1.73. The molecule has 3 nitrogen and oxygen atoms in total. The maximum Gasteiger partial charge on any atom is 0.254 e. The van der Waals surface area contributed by atoms with Crippen LogP contribution in [0.3, 0.4) is 0 Å². The van der Waals surface area contributed by atoms with Gasteiger partial charge in [0.25, 0.3) is 5.91 Å². The summed E-state index contributed by atoms with van der Waals surface area (Å²) in [5.74, 6) is -0.0214. The number of fused-ring (bicyclic) bond motifs is 2. The molecule has 0 atom stereocenters. The Balaban J connectivity index is 1.56. The van der Waals surface area contributed by atoms with Crippen LogP contribution in [0.1, 0.15) is 33.5 Å². The van der Waals surface area contributed by atoms with E-state index < -0.39 is 0 Å². The minimum Gasteiger partial charge on any atom is -0.392 e. The van der Waals surface area contributed by atoms with E-state index in [9.17, 15) is 9.90 Å². The molecule has 1 N–H and O–H groups in total. The van der Waals surface area contributed by atoms with Crippen LogP contribution in [0.4, 0.5) is 0 Å². The predicted molar refractivity (Wildman–Crippen MR) is 100.0 cm³/mol. The van der Waals surface area contributed by atoms with Gasteiger partial charge in [-0.1, -0.05) is 35.3 Å². The Morgan fingerprint density at radius 3 is 2.76 bits per heavy atom. The Bertz CT molecular complexity index is 905. The molecule has 1 aliphatic heterocycles. The van der Waals surface area contributed by atoms with Crippen LogP contribution in [0.25, 0.3) is 5.57 Å². The quantitative estimate of drug-likeness (QED) is 0.850. The summed E-state index contributed by atoms with van der Waals surface area (Å²) in [4.78, 5) is 14.7. The van der Waals surface area contributed by atoms with Gasteiger partial charge in [0.05, 0.1) is 6.61 Å². The summed E-state index contributed by atoms with van der Waals surface area (Å²) in [6, 6.07) is 11.1. The average molecular weight is 374 g/mol. The van der Waals surface area contributed by atoms with E-state index in [1.54, 1.807) is 18.2 Å². The van der Waals surface area contributed by atoms with Gasteiger partial charge in [0.2, 0.25) is 0 Å². The molecule has 25 heavy (non-hydrogen) atoms. The zero-order valence-electron chi connectivity index (χ0n) is 13.6. The van der Waals surface area contributed by atoms with Gasteiger partial charge in [0.1, 0.15) is 0 Å². The normalized spacial score (nSPS) is 16.0. The standard InChI is InChI=1S/C20H17Cl2NO2/c21-16-4-3-12-7-15-10-23(6-5-17(15)18(12)9-16)20(25)13-1-2-14(11-24)19(22)8-13/h1-4,8-9,24H,5-7,10-11H2. The number of rotatable bonds is 2. The zero-order chi connectivity index (χ0) is 17.6. The highest BCUT2D eigenvalue weighted by Gasteiger charge is 2.29. The second-order valence-electron chi connectivity index (χ2n) is 6.50. The molecule has 128 valence electrons. The summed E-state index contributed by atoms with van der Waals surface area (Å²) < 4.78 is 0. The minimum atomic E-state index is -0.131. The number of nitrogens with zero attached hydrogens (tertiary/aromatic N) is 1. The van der Waals surface area contributed by atoms with Crippen molar-refractivity contribution in [2.24, 2.45) is 0 Å². The van der Waals surface area contributed by atoms with Gasteiger partial charge in [-0.05, 0) is 64.9 Å². The third-order valence-corrected chi connectivity index (χ3v) is 5.59. The number of halogens is 2. The van der Waals surface area contributed by atoms with Crippen molar-refractivity contribution in [3.8, 4) is 0 Å². The molecule has 5 heteroatoms. The largest absolute Gasteiger partial charge is 0.392 e. The monoisotopic (exact) mass is 373 g/mol. The molecule has 2 aromatic rings. The highest BCUT2D eigenvalue weighted by atomic mass is 35.5. The van der Waals surface area contributed by atoms with Crippen LogP contribution in [0.2, 0.25) is 10.0 Å². The number of amides is 1. The Morgan fingerprint density at radius 2 is 2.00 bits per heavy atom. The van der Waals surface area contributed by atoms with Crippen molar-refractivity contribution < 1.29 is 9.90 Å². The van der Waals surface area contributed by atoms with Gasteiger partial charge < -0.3 is 10.0 Å². The number of aliphatic hydroxyl groups excluding tert-OH is 1. The summed E-state index contributed by atoms with van der Waals surface area (Å²) in [5, 5.41) is 10.4. The lowest BCUT2D eigenvalue weighted by Gasteiger charge is -2.29. The lowest BCUT2D eigenvalue weighted by molar-refractivity contribution is 0.0767. The minimum absolute atomic E-state index is 0.0214. The SMILES string of the molecule is O=C(c1ccc(CO)c(Cl)c1)N1CCC2=C(Cc3ccc(Cl)cc32)C1. The molecule has 0 fully saturated rings. The zero-order valence-corrected chi connectivity index (χ0v) is 15.1. The first-order valence-corrected chi connectivity index (χ1v) is 9.00. The van der Waals surface area contributed by atoms with Gasteiger partial charge in [-0.15, -0.1) is 0 Å². The highest BCUT2D eigenvalue weighted by molar-refractivity contribution is 6.31. The predicted octanol–water partition coefficient (Wildman–Crippen LogP) is 4.34. The highest BCUT2D eigenvalue weighted by Crippen LogP contribution is 2.39. The topological polar surface area (TPSA) is 40.5 Å². The maximum absolute atomic E-state index is 12.8. The molecule has 1 aliphatic carbocycles. The third kappa shape index (κ3) is 2.97. The van der Waals surface area contributed by atoms with E-state index in [0.717, 1.165) is 17.9 Å². The summed E-state index contributed by atoms with van der Waals surface area (Å²) in [5.41, 5.74) is 6.36. The number of hydrogen-bond acceptors (Lipinski definition) is 2. The van der Waals surface area contributed by atoms with Crippen LogP contribution < -0.4 is 0 Å². The van der Waals surface area contributed by atoms with Gasteiger partial charge in [0.15, 0.2) is 0 Å². The van der Waals surface area contributed by atoms with Gasteiger partial charge >= 0.3 is 0 Å². The third-order valence-electron chi connectivity index (χ3n) is 5.00. The first kappa shape index (κ1) is 16.6. The van der Waals surface area contributed by atoms with E-state index in [4.69, 9.17) is 23.2 Å². The van der Waals surface area contributed by atoms with Crippen LogP contribution >= 0.6 is 23.2 Å². The van der Waals surface area contributed by atoms with Gasteiger partial charge in [-0.25, -0.2) is 0 Å². The van der Waals surface area contributed by atoms with Crippen LogP contribution in [0, 0.1) is 0 Å². The van der Waals surface area contributed by atoms with Crippen molar-refractivity contribution >= 4 is 34.7 Å². The molecule has 0 saturated carbocycles. The molecule has 2 aliphatic rings. The summed E-state index contributed by atoms with van der Waals surface area (Å²) >= 11 is 12.3. The van der Waals surface area contributed by atoms with Crippen LogP contribution in [-0.4, -0.2) is 29.0 Å². The molecule has 4 rings (SSSR count). The Kier molecular flexibility index (Phi) is 4.32. The maximum atomic E-state index is 12.8. The molecule has 0 saturated heterocycles. The lowest BCUT2D eigenvalue weighted by Crippen LogP contribution is -2.36. The van der Waals surface area contributed by atoms with Crippen molar-refractivity contribution in [3.63, 3.8) is 0 Å². The fourth-order valence-electron chi connectivity index (χ4n) is 3.69. The molecule has 0 radical (unpaired) electrons. The average Bonchev–Trinajstić information content (AvgIpc) is 2.98. The van der Waals surface area contributed by atoms with E-state index >= 15 is 0 Å². The van der Waals surface area contributed by atoms with E-state index in [2.05, 4.69) is 6.07 Å². The van der Waals surface area contributed by atoms with Crippen molar-refractivity contribution in [2.75, 3.05) is 13.1 Å². The van der Waals surface area contributed by atoms with Crippen molar-refractivity contribution in [1.82, 2.24) is 4.90 Å². The fraction of sp³-hybridized carbons (Fsp3) is 0.250. The first-order chi connectivity index (χ1) is 12.1. The smallest absolute Gasteiger partial charge is 0.254 e. The molecule has 0 spiro atoms. The van der Waals surface area contributed by atoms with Crippen molar-refractivity contribution in [1.29, 1.82) is 0 Å². The van der Waals surface area contributed by atoms with Crippen LogP contribution in [-0.2, 0) is 13.0 Å². The molecule has 0 aromatic heterocycles. The molecule has 2 aromatic carbocycles. The number of carbonyl (C=O) groups is 1. The first-order valence-electron chi connectivity index (χ1n) is 8.25. The summed E-state index contributed by atoms with van der Waals surface area (Å²) in [6.45, 7) is 1.19. The summed E-state index contributed by atoms with van der Waals surface area (Å²) in [7, 11) is 0. The van der Waals surface area contributed by atoms with Crippen molar-refractivity contribution in [3.05, 3.63) is 74.3 Å². The Labute approximate surface area is 156 Å². The van der Waals surface area contributed by atoms with Crippen LogP contribution in [0.5, 0.6) is 0 Å². The van der Waals surface area contributed by atoms with Gasteiger partial charge in [-0.3, -0.25) is 4.79 Å². The molecular formula is C20H17Cl2NO2. The second kappa shape index (κ2) is 6.49. The number of aliphatic hydroxyl groups is 1. The second-order valence-corrected chi connectivity index (χ2v) is 7.34. The lowest BCUT2D eigenvalue weighted by atomic mass is 9.98. The molecule has 0 unspecified atom stereocenters. The van der Waals surface area contributed by atoms with Gasteiger partial charge in [-0.2, -0.15) is 0 Å². The molecule has 1 heterocycles. The van der Waals surface area contributed by atoms with E-state index in [-0.39, 0.29) is 12.5 Å².